The molecular weight excluding hydrogens is 432 g/mol. The quantitative estimate of drug-likeness (QED) is 0.641. The number of sulfonamides is 1. The second kappa shape index (κ2) is 7.86. The van der Waals surface area contributed by atoms with Gasteiger partial charge in [0.05, 0.1) is 5.69 Å². The number of carbonyl (C=O) groups is 1. The number of aromatic nitrogens is 2. The van der Waals surface area contributed by atoms with Crippen LogP contribution in [0.2, 0.25) is 0 Å². The van der Waals surface area contributed by atoms with Crippen molar-refractivity contribution in [3.8, 4) is 0 Å². The van der Waals surface area contributed by atoms with Crippen LogP contribution in [0.15, 0.2) is 17.2 Å². The third-order valence-corrected chi connectivity index (χ3v) is 8.07. The maximum absolute atomic E-state index is 12.9. The highest BCUT2D eigenvalue weighted by Crippen LogP contribution is 2.38. The number of urea groups is 1. The van der Waals surface area contributed by atoms with Crippen molar-refractivity contribution in [3.05, 3.63) is 40.1 Å². The number of benzene rings is 1. The zero-order valence-corrected chi connectivity index (χ0v) is 18.9. The second-order valence-corrected chi connectivity index (χ2v) is 10.6. The predicted octanol–water partition coefficient (Wildman–Crippen LogP) is 1.91. The van der Waals surface area contributed by atoms with Crippen LogP contribution in [0.4, 0.5) is 10.5 Å². The van der Waals surface area contributed by atoms with Crippen molar-refractivity contribution in [2.45, 2.75) is 62.0 Å². The number of ether oxygens (including phenoxy) is 1. The number of nitrogens with zero attached hydrogens (tertiary/aromatic N) is 2. The topological polar surface area (TPSA) is 123 Å². The maximum atomic E-state index is 12.9. The number of carbonyl (C=O) groups excluding carboxylic acids is 1. The highest BCUT2D eigenvalue weighted by molar-refractivity contribution is 7.90. The Labute approximate surface area is 187 Å². The van der Waals surface area contributed by atoms with Gasteiger partial charge in [-0.3, -0.25) is 4.68 Å². The van der Waals surface area contributed by atoms with Crippen LogP contribution in [0.5, 0.6) is 0 Å². The van der Waals surface area contributed by atoms with Gasteiger partial charge >= 0.3 is 6.03 Å². The van der Waals surface area contributed by atoms with Gasteiger partial charge in [0.15, 0.2) is 5.03 Å². The molecule has 9 nitrogen and oxygen atoms in total. The Balaban J connectivity index is 1.37. The summed E-state index contributed by atoms with van der Waals surface area (Å²) in [7, 11) is -2.63. The number of amides is 2. The Kier molecular flexibility index (Phi) is 5.26. The molecule has 1 aliphatic heterocycles. The number of aryl methyl sites for hydroxylation is 3. The lowest BCUT2D eigenvalue weighted by atomic mass is 9.91. The van der Waals surface area contributed by atoms with E-state index in [0.717, 1.165) is 55.3 Å². The molecule has 1 aromatic heterocycles. The molecule has 1 fully saturated rings. The SMILES string of the molecule is Cn1nc(S(=O)(=O)NC(=O)Nc2c3c(cc4c2CCC4)CCC3)cc1C1(O)CCOCC1. The molecule has 2 aliphatic carbocycles. The molecule has 172 valence electrons. The van der Waals surface area contributed by atoms with E-state index in [1.54, 1.807) is 7.05 Å². The molecule has 2 amide bonds. The van der Waals surface area contributed by atoms with E-state index in [1.165, 1.54) is 21.9 Å². The summed E-state index contributed by atoms with van der Waals surface area (Å²) in [6, 6.07) is 2.79. The Morgan fingerprint density at radius 3 is 2.34 bits per heavy atom. The molecule has 0 bridgehead atoms. The summed E-state index contributed by atoms with van der Waals surface area (Å²) in [6.45, 7) is 0.770. The molecule has 0 unspecified atom stereocenters. The molecule has 0 atom stereocenters. The predicted molar refractivity (Wildman–Crippen MR) is 117 cm³/mol. The molecular formula is C22H28N4O5S. The van der Waals surface area contributed by atoms with E-state index in [-0.39, 0.29) is 5.03 Å². The average molecular weight is 461 g/mol. The summed E-state index contributed by atoms with van der Waals surface area (Å²) >= 11 is 0. The molecule has 2 heterocycles. The number of anilines is 1. The first-order valence-electron chi connectivity index (χ1n) is 11.1. The molecule has 5 rings (SSSR count). The van der Waals surface area contributed by atoms with Gasteiger partial charge in [0, 0.05) is 44.9 Å². The number of rotatable bonds is 4. The lowest BCUT2D eigenvalue weighted by Crippen LogP contribution is -2.35. The highest BCUT2D eigenvalue weighted by atomic mass is 32.2. The van der Waals surface area contributed by atoms with E-state index in [1.807, 2.05) is 0 Å². The third-order valence-electron chi connectivity index (χ3n) is 6.87. The standard InChI is InChI=1S/C22H28N4O5S/c1-26-18(22(28)8-10-31-11-9-22)13-19(24-26)32(29,30)25-21(27)23-20-16-6-2-4-14(16)12-15-5-3-7-17(15)20/h12-13,28H,2-11H2,1H3,(H2,23,25,27). The number of nitrogens with one attached hydrogen (secondary N) is 2. The summed E-state index contributed by atoms with van der Waals surface area (Å²) in [4.78, 5) is 12.8. The van der Waals surface area contributed by atoms with Gasteiger partial charge in [-0.1, -0.05) is 6.07 Å². The molecule has 0 spiro atoms. The van der Waals surface area contributed by atoms with Crippen molar-refractivity contribution in [1.29, 1.82) is 0 Å². The zero-order valence-electron chi connectivity index (χ0n) is 18.1. The summed E-state index contributed by atoms with van der Waals surface area (Å²) in [6.07, 6.45) is 6.53. The summed E-state index contributed by atoms with van der Waals surface area (Å²) < 4.78 is 34.6. The van der Waals surface area contributed by atoms with Crippen molar-refractivity contribution in [1.82, 2.24) is 14.5 Å². The molecule has 1 saturated heterocycles. The minimum Gasteiger partial charge on any atom is -0.383 e. The first kappa shape index (κ1) is 21.4. The highest BCUT2D eigenvalue weighted by Gasteiger charge is 2.37. The lowest BCUT2D eigenvalue weighted by Gasteiger charge is -2.31. The van der Waals surface area contributed by atoms with Crippen molar-refractivity contribution in [3.63, 3.8) is 0 Å². The van der Waals surface area contributed by atoms with Crippen LogP contribution in [0.3, 0.4) is 0 Å². The van der Waals surface area contributed by atoms with Gasteiger partial charge in [0.25, 0.3) is 10.0 Å². The van der Waals surface area contributed by atoms with Crippen LogP contribution in [0, 0.1) is 0 Å². The van der Waals surface area contributed by atoms with E-state index in [0.29, 0.717) is 31.7 Å². The van der Waals surface area contributed by atoms with Crippen molar-refractivity contribution < 1.29 is 23.1 Å². The average Bonchev–Trinajstić information content (AvgIpc) is 3.47. The van der Waals surface area contributed by atoms with Gasteiger partial charge in [-0.15, -0.1) is 0 Å². The Morgan fingerprint density at radius 1 is 1.09 bits per heavy atom. The first-order valence-corrected chi connectivity index (χ1v) is 12.6. The van der Waals surface area contributed by atoms with Crippen molar-refractivity contribution >= 4 is 21.7 Å². The van der Waals surface area contributed by atoms with Gasteiger partial charge < -0.3 is 15.2 Å². The minimum atomic E-state index is -4.21. The number of hydrogen-bond acceptors (Lipinski definition) is 6. The molecule has 32 heavy (non-hydrogen) atoms. The van der Waals surface area contributed by atoms with E-state index >= 15 is 0 Å². The van der Waals surface area contributed by atoms with Gasteiger partial charge in [-0.2, -0.15) is 13.5 Å². The maximum Gasteiger partial charge on any atom is 0.333 e. The van der Waals surface area contributed by atoms with Gasteiger partial charge in [0.1, 0.15) is 5.60 Å². The van der Waals surface area contributed by atoms with Crippen molar-refractivity contribution in [2.75, 3.05) is 18.5 Å². The molecule has 0 radical (unpaired) electrons. The normalized spacial score (nSPS) is 19.4. The first-order chi connectivity index (χ1) is 15.3. The van der Waals surface area contributed by atoms with Crippen LogP contribution in [-0.2, 0) is 53.1 Å². The van der Waals surface area contributed by atoms with Crippen LogP contribution in [-0.4, -0.2) is 42.5 Å². The number of hydrogen-bond donors (Lipinski definition) is 3. The van der Waals surface area contributed by atoms with Crippen molar-refractivity contribution in [2.24, 2.45) is 7.05 Å². The Bertz CT molecular complexity index is 1150. The molecule has 0 saturated carbocycles. The van der Waals surface area contributed by atoms with Crippen LogP contribution in [0.25, 0.3) is 0 Å². The molecule has 3 aliphatic rings. The van der Waals surface area contributed by atoms with Gasteiger partial charge in [-0.25, -0.2) is 9.52 Å². The van der Waals surface area contributed by atoms with Crippen LogP contribution in [0.1, 0.15) is 53.6 Å². The van der Waals surface area contributed by atoms with Crippen LogP contribution < -0.4 is 10.0 Å². The van der Waals surface area contributed by atoms with E-state index in [4.69, 9.17) is 4.74 Å². The van der Waals surface area contributed by atoms with Crippen LogP contribution >= 0.6 is 0 Å². The fourth-order valence-corrected chi connectivity index (χ4v) is 6.15. The Morgan fingerprint density at radius 2 is 1.72 bits per heavy atom. The molecule has 3 N–H and O–H groups in total. The molecule has 10 heteroatoms. The van der Waals surface area contributed by atoms with E-state index < -0.39 is 21.7 Å². The lowest BCUT2D eigenvalue weighted by molar-refractivity contribution is -0.0725. The van der Waals surface area contributed by atoms with E-state index in [2.05, 4.69) is 21.2 Å². The largest absolute Gasteiger partial charge is 0.383 e. The van der Waals surface area contributed by atoms with E-state index in [9.17, 15) is 18.3 Å². The fourth-order valence-electron chi connectivity index (χ4n) is 5.25. The molecule has 2 aromatic rings. The summed E-state index contributed by atoms with van der Waals surface area (Å²) in [5.74, 6) is 0. The zero-order chi connectivity index (χ0) is 22.5. The summed E-state index contributed by atoms with van der Waals surface area (Å²) in [5, 5.41) is 17.5. The smallest absolute Gasteiger partial charge is 0.333 e. The minimum absolute atomic E-state index is 0.298. The third kappa shape index (κ3) is 3.70. The summed E-state index contributed by atoms with van der Waals surface area (Å²) in [5.41, 5.74) is 4.71. The number of fused-ring (bicyclic) bond motifs is 2. The van der Waals surface area contributed by atoms with Gasteiger partial charge in [0.2, 0.25) is 0 Å². The second-order valence-electron chi connectivity index (χ2n) is 8.93. The number of aliphatic hydroxyl groups is 1. The fraction of sp³-hybridized carbons (Fsp3) is 0.545. The monoisotopic (exact) mass is 460 g/mol. The molecule has 1 aromatic carbocycles. The van der Waals surface area contributed by atoms with Gasteiger partial charge in [-0.05, 0) is 60.8 Å². The Hall–Kier alpha value is -2.43.